The molecule has 1 unspecified atom stereocenters. The summed E-state index contributed by atoms with van der Waals surface area (Å²) in [5.74, 6) is -0.827. The SMILES string of the molecule is CCCCCCCCCC(C(=O)O)n1ccnn1. The van der Waals surface area contributed by atoms with E-state index in [-0.39, 0.29) is 0 Å². The zero-order valence-corrected chi connectivity index (χ0v) is 11.1. The van der Waals surface area contributed by atoms with Crippen LogP contribution in [0.5, 0.6) is 0 Å². The van der Waals surface area contributed by atoms with E-state index in [9.17, 15) is 4.79 Å². The highest BCUT2D eigenvalue weighted by Gasteiger charge is 2.19. The molecule has 1 heterocycles. The number of aromatic nitrogens is 3. The van der Waals surface area contributed by atoms with Crippen LogP contribution in [-0.4, -0.2) is 26.1 Å². The maximum atomic E-state index is 11.1. The average Bonchev–Trinajstić information content (AvgIpc) is 2.85. The van der Waals surface area contributed by atoms with Crippen LogP contribution in [-0.2, 0) is 4.79 Å². The van der Waals surface area contributed by atoms with Crippen LogP contribution in [0.2, 0.25) is 0 Å². The van der Waals surface area contributed by atoms with E-state index >= 15 is 0 Å². The van der Waals surface area contributed by atoms with E-state index in [0.717, 1.165) is 12.8 Å². The molecule has 1 atom stereocenters. The molecule has 0 aliphatic heterocycles. The van der Waals surface area contributed by atoms with Crippen molar-refractivity contribution in [3.8, 4) is 0 Å². The first-order valence-corrected chi connectivity index (χ1v) is 6.84. The molecule has 102 valence electrons. The summed E-state index contributed by atoms with van der Waals surface area (Å²) in [5.41, 5.74) is 0. The van der Waals surface area contributed by atoms with Crippen molar-refractivity contribution in [1.82, 2.24) is 15.0 Å². The van der Waals surface area contributed by atoms with Gasteiger partial charge in [-0.15, -0.1) is 5.10 Å². The van der Waals surface area contributed by atoms with Crippen molar-refractivity contribution in [3.05, 3.63) is 12.4 Å². The summed E-state index contributed by atoms with van der Waals surface area (Å²) in [6.45, 7) is 2.20. The smallest absolute Gasteiger partial charge is 0.328 e. The van der Waals surface area contributed by atoms with E-state index in [1.165, 1.54) is 43.0 Å². The standard InChI is InChI=1S/C13H23N3O2/c1-2-3-4-5-6-7-8-9-12(13(17)18)16-11-10-14-15-16/h10-12H,2-9H2,1H3,(H,17,18). The highest BCUT2D eigenvalue weighted by molar-refractivity contribution is 5.71. The maximum absolute atomic E-state index is 11.1. The number of unbranched alkanes of at least 4 members (excludes halogenated alkanes) is 6. The van der Waals surface area contributed by atoms with Gasteiger partial charge in [-0.25, -0.2) is 9.48 Å². The molecule has 1 aromatic heterocycles. The van der Waals surface area contributed by atoms with Crippen molar-refractivity contribution < 1.29 is 9.90 Å². The molecule has 1 rings (SSSR count). The number of hydrogen-bond donors (Lipinski definition) is 1. The first kappa shape index (κ1) is 14.7. The monoisotopic (exact) mass is 253 g/mol. The Kier molecular flexibility index (Phi) is 7.06. The number of rotatable bonds is 10. The number of nitrogens with zero attached hydrogens (tertiary/aromatic N) is 3. The lowest BCUT2D eigenvalue weighted by Gasteiger charge is -2.11. The minimum absolute atomic E-state index is 0.567. The molecular formula is C13H23N3O2. The lowest BCUT2D eigenvalue weighted by Crippen LogP contribution is -2.19. The Balaban J connectivity index is 2.17. The minimum Gasteiger partial charge on any atom is -0.480 e. The quantitative estimate of drug-likeness (QED) is 0.651. The van der Waals surface area contributed by atoms with Crippen LogP contribution in [0.4, 0.5) is 0 Å². The van der Waals surface area contributed by atoms with Crippen molar-refractivity contribution in [2.45, 2.75) is 64.3 Å². The third kappa shape index (κ3) is 5.29. The van der Waals surface area contributed by atoms with Crippen LogP contribution in [0.1, 0.15) is 64.3 Å². The van der Waals surface area contributed by atoms with Gasteiger partial charge in [-0.3, -0.25) is 0 Å². The lowest BCUT2D eigenvalue weighted by molar-refractivity contribution is -0.141. The van der Waals surface area contributed by atoms with Crippen molar-refractivity contribution >= 4 is 5.97 Å². The molecule has 0 spiro atoms. The molecule has 0 saturated heterocycles. The van der Waals surface area contributed by atoms with E-state index < -0.39 is 12.0 Å². The minimum atomic E-state index is -0.827. The van der Waals surface area contributed by atoms with E-state index in [4.69, 9.17) is 5.11 Å². The van der Waals surface area contributed by atoms with Crippen LogP contribution in [0, 0.1) is 0 Å². The Hall–Kier alpha value is -1.39. The Morgan fingerprint density at radius 2 is 1.89 bits per heavy atom. The number of carboxylic acid groups (broad SMARTS) is 1. The molecule has 1 N–H and O–H groups in total. The normalized spacial score (nSPS) is 12.5. The first-order valence-electron chi connectivity index (χ1n) is 6.84. The molecule has 0 aromatic carbocycles. The molecule has 0 bridgehead atoms. The molecule has 5 nitrogen and oxygen atoms in total. The molecule has 0 aliphatic carbocycles. The van der Waals surface area contributed by atoms with Gasteiger partial charge in [0.25, 0.3) is 0 Å². The second-order valence-corrected chi connectivity index (χ2v) is 4.65. The number of carboxylic acids is 1. The third-order valence-electron chi connectivity index (χ3n) is 3.13. The summed E-state index contributed by atoms with van der Waals surface area (Å²) in [6.07, 6.45) is 12.1. The predicted octanol–water partition coefficient (Wildman–Crippen LogP) is 3.04. The first-order chi connectivity index (χ1) is 8.75. The van der Waals surface area contributed by atoms with Gasteiger partial charge in [-0.1, -0.05) is 57.1 Å². The van der Waals surface area contributed by atoms with E-state index in [1.807, 2.05) is 0 Å². The Bertz CT molecular complexity index is 325. The highest BCUT2D eigenvalue weighted by Crippen LogP contribution is 2.16. The Morgan fingerprint density at radius 1 is 1.22 bits per heavy atom. The van der Waals surface area contributed by atoms with Gasteiger partial charge >= 0.3 is 5.97 Å². The van der Waals surface area contributed by atoms with E-state index in [2.05, 4.69) is 17.2 Å². The summed E-state index contributed by atoms with van der Waals surface area (Å²) < 4.78 is 1.43. The van der Waals surface area contributed by atoms with Gasteiger partial charge in [0, 0.05) is 6.20 Å². The molecular weight excluding hydrogens is 230 g/mol. The van der Waals surface area contributed by atoms with Crippen LogP contribution < -0.4 is 0 Å². The summed E-state index contributed by atoms with van der Waals surface area (Å²) in [4.78, 5) is 11.1. The van der Waals surface area contributed by atoms with Gasteiger partial charge in [0.15, 0.2) is 6.04 Å². The van der Waals surface area contributed by atoms with Crippen LogP contribution in [0.15, 0.2) is 12.4 Å². The van der Waals surface area contributed by atoms with Crippen molar-refractivity contribution in [1.29, 1.82) is 0 Å². The maximum Gasteiger partial charge on any atom is 0.328 e. The molecule has 5 heteroatoms. The zero-order valence-electron chi connectivity index (χ0n) is 11.1. The number of hydrogen-bond acceptors (Lipinski definition) is 3. The van der Waals surface area contributed by atoms with Crippen molar-refractivity contribution in [2.75, 3.05) is 0 Å². The second-order valence-electron chi connectivity index (χ2n) is 4.65. The highest BCUT2D eigenvalue weighted by atomic mass is 16.4. The average molecular weight is 253 g/mol. The van der Waals surface area contributed by atoms with Gasteiger partial charge in [0.2, 0.25) is 0 Å². The molecule has 0 saturated carbocycles. The topological polar surface area (TPSA) is 68.0 Å². The van der Waals surface area contributed by atoms with Gasteiger partial charge in [-0.05, 0) is 6.42 Å². The van der Waals surface area contributed by atoms with E-state index in [1.54, 1.807) is 6.20 Å². The Labute approximate surface area is 108 Å². The van der Waals surface area contributed by atoms with Crippen LogP contribution >= 0.6 is 0 Å². The zero-order chi connectivity index (χ0) is 13.2. The molecule has 0 fully saturated rings. The molecule has 0 amide bonds. The lowest BCUT2D eigenvalue weighted by atomic mass is 10.1. The van der Waals surface area contributed by atoms with Gasteiger partial charge in [0.05, 0.1) is 6.20 Å². The number of carbonyl (C=O) groups is 1. The fraction of sp³-hybridized carbons (Fsp3) is 0.769. The molecule has 18 heavy (non-hydrogen) atoms. The third-order valence-corrected chi connectivity index (χ3v) is 3.13. The largest absolute Gasteiger partial charge is 0.480 e. The van der Waals surface area contributed by atoms with Crippen molar-refractivity contribution in [2.24, 2.45) is 0 Å². The summed E-state index contributed by atoms with van der Waals surface area (Å²) in [5, 5.41) is 16.5. The van der Waals surface area contributed by atoms with Gasteiger partial charge < -0.3 is 5.11 Å². The Morgan fingerprint density at radius 3 is 2.44 bits per heavy atom. The number of aliphatic carboxylic acids is 1. The molecule has 0 radical (unpaired) electrons. The van der Waals surface area contributed by atoms with Gasteiger partial charge in [-0.2, -0.15) is 0 Å². The predicted molar refractivity (Wildman–Crippen MR) is 69.3 cm³/mol. The van der Waals surface area contributed by atoms with E-state index in [0.29, 0.717) is 6.42 Å². The molecule has 1 aromatic rings. The summed E-state index contributed by atoms with van der Waals surface area (Å²) >= 11 is 0. The summed E-state index contributed by atoms with van der Waals surface area (Å²) in [7, 11) is 0. The summed E-state index contributed by atoms with van der Waals surface area (Å²) in [6, 6.07) is -0.567. The second kappa shape index (κ2) is 8.66. The fourth-order valence-electron chi connectivity index (χ4n) is 2.05. The fourth-order valence-corrected chi connectivity index (χ4v) is 2.05. The van der Waals surface area contributed by atoms with Gasteiger partial charge in [0.1, 0.15) is 0 Å². The van der Waals surface area contributed by atoms with Crippen LogP contribution in [0.25, 0.3) is 0 Å². The van der Waals surface area contributed by atoms with Crippen molar-refractivity contribution in [3.63, 3.8) is 0 Å². The van der Waals surface area contributed by atoms with Crippen LogP contribution in [0.3, 0.4) is 0 Å². The molecule has 0 aliphatic rings.